The number of nitriles is 1. The fourth-order valence-electron chi connectivity index (χ4n) is 2.01. The Morgan fingerprint density at radius 3 is 2.71 bits per heavy atom. The van der Waals surface area contributed by atoms with Crippen molar-refractivity contribution in [1.82, 2.24) is 4.90 Å². The second kappa shape index (κ2) is 4.43. The fourth-order valence-corrected chi connectivity index (χ4v) is 2.01. The van der Waals surface area contributed by atoms with Gasteiger partial charge >= 0.3 is 5.97 Å². The van der Waals surface area contributed by atoms with Crippen molar-refractivity contribution in [1.29, 1.82) is 5.26 Å². The maximum Gasteiger partial charge on any atom is 0.308 e. The molecule has 1 aliphatic heterocycles. The lowest BCUT2D eigenvalue weighted by Gasteiger charge is -2.19. The van der Waals surface area contributed by atoms with Crippen molar-refractivity contribution >= 4 is 5.97 Å². The van der Waals surface area contributed by atoms with Crippen LogP contribution in [0.15, 0.2) is 0 Å². The van der Waals surface area contributed by atoms with Gasteiger partial charge in [-0.25, -0.2) is 0 Å². The summed E-state index contributed by atoms with van der Waals surface area (Å²) in [6.45, 7) is 5.13. The lowest BCUT2D eigenvalue weighted by Crippen LogP contribution is -2.32. The van der Waals surface area contributed by atoms with Crippen LogP contribution in [0.3, 0.4) is 0 Å². The molecule has 3 unspecified atom stereocenters. The van der Waals surface area contributed by atoms with Crippen molar-refractivity contribution in [2.24, 2.45) is 11.8 Å². The minimum Gasteiger partial charge on any atom is -0.481 e. The minimum atomic E-state index is -0.743. The van der Waals surface area contributed by atoms with Gasteiger partial charge in [0.2, 0.25) is 0 Å². The third-order valence-corrected chi connectivity index (χ3v) is 2.93. The van der Waals surface area contributed by atoms with Crippen LogP contribution >= 0.6 is 0 Å². The predicted molar refractivity (Wildman–Crippen MR) is 51.6 cm³/mol. The molecule has 1 rings (SSSR count). The SMILES string of the molecule is CCC(C#N)N1CC(C)C(C(=O)O)C1. The molecule has 0 aromatic rings. The predicted octanol–water partition coefficient (Wildman–Crippen LogP) is 0.941. The van der Waals surface area contributed by atoms with Crippen LogP contribution in [0.4, 0.5) is 0 Å². The molecular weight excluding hydrogens is 180 g/mol. The number of aliphatic carboxylic acids is 1. The zero-order valence-corrected chi connectivity index (χ0v) is 8.60. The first-order valence-corrected chi connectivity index (χ1v) is 4.96. The molecule has 14 heavy (non-hydrogen) atoms. The monoisotopic (exact) mass is 196 g/mol. The summed E-state index contributed by atoms with van der Waals surface area (Å²) in [5.41, 5.74) is 0. The topological polar surface area (TPSA) is 64.3 Å². The van der Waals surface area contributed by atoms with Gasteiger partial charge < -0.3 is 5.11 Å². The van der Waals surface area contributed by atoms with E-state index < -0.39 is 5.97 Å². The van der Waals surface area contributed by atoms with Crippen molar-refractivity contribution < 1.29 is 9.90 Å². The molecular formula is C10H16N2O2. The summed E-state index contributed by atoms with van der Waals surface area (Å²) < 4.78 is 0. The van der Waals surface area contributed by atoms with Gasteiger partial charge in [-0.1, -0.05) is 13.8 Å². The van der Waals surface area contributed by atoms with E-state index in [9.17, 15) is 4.79 Å². The maximum absolute atomic E-state index is 10.8. The quantitative estimate of drug-likeness (QED) is 0.729. The van der Waals surface area contributed by atoms with Gasteiger partial charge in [0, 0.05) is 13.1 Å². The van der Waals surface area contributed by atoms with Crippen LogP contribution in [-0.4, -0.2) is 35.1 Å². The van der Waals surface area contributed by atoms with Gasteiger partial charge in [-0.3, -0.25) is 9.69 Å². The van der Waals surface area contributed by atoms with Gasteiger partial charge in [-0.05, 0) is 12.3 Å². The average molecular weight is 196 g/mol. The van der Waals surface area contributed by atoms with Gasteiger partial charge in [-0.15, -0.1) is 0 Å². The molecule has 0 saturated carbocycles. The highest BCUT2D eigenvalue weighted by molar-refractivity contribution is 5.71. The van der Waals surface area contributed by atoms with Crippen LogP contribution < -0.4 is 0 Å². The molecule has 0 spiro atoms. The molecule has 0 aromatic carbocycles. The van der Waals surface area contributed by atoms with E-state index in [4.69, 9.17) is 10.4 Å². The van der Waals surface area contributed by atoms with Crippen LogP contribution in [0.2, 0.25) is 0 Å². The highest BCUT2D eigenvalue weighted by atomic mass is 16.4. The Bertz CT molecular complexity index is 259. The lowest BCUT2D eigenvalue weighted by molar-refractivity contribution is -0.142. The Kier molecular flexibility index (Phi) is 3.48. The zero-order chi connectivity index (χ0) is 10.7. The van der Waals surface area contributed by atoms with Crippen LogP contribution in [0.25, 0.3) is 0 Å². The van der Waals surface area contributed by atoms with E-state index >= 15 is 0 Å². The van der Waals surface area contributed by atoms with E-state index in [1.54, 1.807) is 0 Å². The first kappa shape index (κ1) is 11.0. The van der Waals surface area contributed by atoms with Gasteiger partial charge in [0.15, 0.2) is 0 Å². The van der Waals surface area contributed by atoms with Crippen molar-refractivity contribution in [2.75, 3.05) is 13.1 Å². The average Bonchev–Trinajstić information content (AvgIpc) is 2.50. The number of hydrogen-bond donors (Lipinski definition) is 1. The summed E-state index contributed by atoms with van der Waals surface area (Å²) in [7, 11) is 0. The summed E-state index contributed by atoms with van der Waals surface area (Å²) in [6.07, 6.45) is 0.759. The lowest BCUT2D eigenvalue weighted by atomic mass is 9.99. The summed E-state index contributed by atoms with van der Waals surface area (Å²) in [6, 6.07) is 2.08. The van der Waals surface area contributed by atoms with Crippen molar-refractivity contribution in [3.63, 3.8) is 0 Å². The fraction of sp³-hybridized carbons (Fsp3) is 0.800. The molecule has 1 N–H and O–H groups in total. The van der Waals surface area contributed by atoms with E-state index in [0.29, 0.717) is 6.54 Å². The third kappa shape index (κ3) is 2.05. The van der Waals surface area contributed by atoms with Crippen LogP contribution in [0.5, 0.6) is 0 Å². The molecule has 4 nitrogen and oxygen atoms in total. The Balaban J connectivity index is 2.63. The molecule has 78 valence electrons. The number of carbonyl (C=O) groups is 1. The minimum absolute atomic E-state index is 0.123. The van der Waals surface area contributed by atoms with Crippen LogP contribution in [0.1, 0.15) is 20.3 Å². The summed E-state index contributed by atoms with van der Waals surface area (Å²) in [5, 5.41) is 17.8. The molecule has 0 amide bonds. The molecule has 1 heterocycles. The number of hydrogen-bond acceptors (Lipinski definition) is 3. The molecule has 0 radical (unpaired) electrons. The number of likely N-dealkylation sites (tertiary alicyclic amines) is 1. The summed E-state index contributed by atoms with van der Waals surface area (Å²) in [4.78, 5) is 12.8. The van der Waals surface area contributed by atoms with Crippen LogP contribution in [0, 0.1) is 23.2 Å². The molecule has 3 atom stereocenters. The van der Waals surface area contributed by atoms with E-state index in [0.717, 1.165) is 13.0 Å². The molecule has 1 fully saturated rings. The first-order chi connectivity index (χ1) is 6.60. The Morgan fingerprint density at radius 2 is 2.36 bits per heavy atom. The summed E-state index contributed by atoms with van der Waals surface area (Å²) in [5.74, 6) is -0.903. The number of carboxylic acids is 1. The highest BCUT2D eigenvalue weighted by Crippen LogP contribution is 2.25. The maximum atomic E-state index is 10.8. The van der Waals surface area contributed by atoms with E-state index in [2.05, 4.69) is 6.07 Å². The first-order valence-electron chi connectivity index (χ1n) is 4.96. The van der Waals surface area contributed by atoms with Crippen LogP contribution in [-0.2, 0) is 4.79 Å². The number of rotatable bonds is 3. The second-order valence-corrected chi connectivity index (χ2v) is 3.93. The van der Waals surface area contributed by atoms with Crippen molar-refractivity contribution in [2.45, 2.75) is 26.3 Å². The Labute approximate surface area is 84.1 Å². The highest BCUT2D eigenvalue weighted by Gasteiger charge is 2.37. The molecule has 4 heteroatoms. The van der Waals surface area contributed by atoms with Crippen molar-refractivity contribution in [3.05, 3.63) is 0 Å². The Morgan fingerprint density at radius 1 is 1.71 bits per heavy atom. The standard InChI is InChI=1S/C10H16N2O2/c1-3-8(4-11)12-5-7(2)9(6-12)10(13)14/h7-9H,3,5-6H2,1-2H3,(H,13,14). The van der Waals surface area contributed by atoms with Gasteiger partial charge in [0.1, 0.15) is 0 Å². The smallest absolute Gasteiger partial charge is 0.308 e. The third-order valence-electron chi connectivity index (χ3n) is 2.93. The number of nitrogens with zero attached hydrogens (tertiary/aromatic N) is 2. The molecule has 0 aromatic heterocycles. The Hall–Kier alpha value is -1.08. The number of carboxylic acid groups (broad SMARTS) is 1. The second-order valence-electron chi connectivity index (χ2n) is 3.93. The molecule has 0 bridgehead atoms. The van der Waals surface area contributed by atoms with Crippen molar-refractivity contribution in [3.8, 4) is 6.07 Å². The van der Waals surface area contributed by atoms with E-state index in [1.807, 2.05) is 18.7 Å². The van der Waals surface area contributed by atoms with E-state index in [-0.39, 0.29) is 17.9 Å². The largest absolute Gasteiger partial charge is 0.481 e. The van der Waals surface area contributed by atoms with E-state index in [1.165, 1.54) is 0 Å². The van der Waals surface area contributed by atoms with Gasteiger partial charge in [-0.2, -0.15) is 5.26 Å². The normalized spacial score (nSPS) is 29.8. The van der Waals surface area contributed by atoms with Gasteiger partial charge in [0.05, 0.1) is 18.0 Å². The molecule has 0 aliphatic carbocycles. The zero-order valence-electron chi connectivity index (χ0n) is 8.60. The molecule has 1 aliphatic rings. The molecule has 1 saturated heterocycles. The van der Waals surface area contributed by atoms with Gasteiger partial charge in [0.25, 0.3) is 0 Å². The summed E-state index contributed by atoms with van der Waals surface area (Å²) >= 11 is 0.